The third kappa shape index (κ3) is 2.21. The van der Waals surface area contributed by atoms with Gasteiger partial charge in [0.25, 0.3) is 0 Å². The molecular weight excluding hydrogens is 190 g/mol. The van der Waals surface area contributed by atoms with Crippen LogP contribution in [-0.4, -0.2) is 28.0 Å². The number of aliphatic hydroxyl groups is 1. The molecule has 2 rings (SSSR count). The van der Waals surface area contributed by atoms with Gasteiger partial charge in [0.15, 0.2) is 0 Å². The molecule has 0 unspecified atom stereocenters. The van der Waals surface area contributed by atoms with E-state index >= 15 is 0 Å². The molecule has 1 aliphatic heterocycles. The van der Waals surface area contributed by atoms with E-state index < -0.39 is 0 Å². The zero-order chi connectivity index (χ0) is 10.7. The van der Waals surface area contributed by atoms with Gasteiger partial charge in [-0.05, 0) is 38.9 Å². The Morgan fingerprint density at radius 3 is 2.80 bits per heavy atom. The summed E-state index contributed by atoms with van der Waals surface area (Å²) in [5.74, 6) is 0.573. The summed E-state index contributed by atoms with van der Waals surface area (Å²) < 4.78 is 1.90. The van der Waals surface area contributed by atoms with Gasteiger partial charge in [-0.15, -0.1) is 0 Å². The Labute approximate surface area is 90.3 Å². The SMILES string of the molecule is CCn1nc(C2CCNCC2)cc1CO. The monoisotopic (exact) mass is 209 g/mol. The normalized spacial score (nSPS) is 18.3. The van der Waals surface area contributed by atoms with Crippen molar-refractivity contribution in [3.63, 3.8) is 0 Å². The number of aryl methyl sites for hydroxylation is 1. The first kappa shape index (κ1) is 10.6. The summed E-state index contributed by atoms with van der Waals surface area (Å²) >= 11 is 0. The van der Waals surface area contributed by atoms with Crippen molar-refractivity contribution >= 4 is 0 Å². The smallest absolute Gasteiger partial charge is 0.0849 e. The van der Waals surface area contributed by atoms with Crippen molar-refractivity contribution in [2.45, 2.75) is 38.8 Å². The molecule has 0 atom stereocenters. The fraction of sp³-hybridized carbons (Fsp3) is 0.727. The molecule has 1 saturated heterocycles. The lowest BCUT2D eigenvalue weighted by Gasteiger charge is -2.20. The van der Waals surface area contributed by atoms with Crippen molar-refractivity contribution in [1.29, 1.82) is 0 Å². The molecule has 0 spiro atoms. The topological polar surface area (TPSA) is 50.1 Å². The molecule has 2 N–H and O–H groups in total. The molecule has 0 amide bonds. The summed E-state index contributed by atoms with van der Waals surface area (Å²) in [6.45, 7) is 5.14. The highest BCUT2D eigenvalue weighted by Crippen LogP contribution is 2.24. The highest BCUT2D eigenvalue weighted by molar-refractivity contribution is 5.15. The molecule has 1 fully saturated rings. The van der Waals surface area contributed by atoms with Crippen molar-refractivity contribution in [2.24, 2.45) is 0 Å². The molecule has 1 aromatic rings. The van der Waals surface area contributed by atoms with E-state index in [1.807, 2.05) is 4.68 Å². The zero-order valence-corrected chi connectivity index (χ0v) is 9.24. The van der Waals surface area contributed by atoms with Gasteiger partial charge in [0.1, 0.15) is 0 Å². The molecule has 4 heteroatoms. The van der Waals surface area contributed by atoms with E-state index in [9.17, 15) is 5.11 Å². The third-order valence-electron chi connectivity index (χ3n) is 3.10. The van der Waals surface area contributed by atoms with Gasteiger partial charge in [-0.3, -0.25) is 4.68 Å². The van der Waals surface area contributed by atoms with Crippen molar-refractivity contribution in [1.82, 2.24) is 15.1 Å². The third-order valence-corrected chi connectivity index (χ3v) is 3.10. The first-order valence-electron chi connectivity index (χ1n) is 5.73. The molecule has 84 valence electrons. The summed E-state index contributed by atoms with van der Waals surface area (Å²) in [6.07, 6.45) is 2.32. The molecule has 0 radical (unpaired) electrons. The van der Waals surface area contributed by atoms with Crippen molar-refractivity contribution in [2.75, 3.05) is 13.1 Å². The van der Waals surface area contributed by atoms with Gasteiger partial charge in [-0.2, -0.15) is 5.10 Å². The molecule has 0 aromatic carbocycles. The summed E-state index contributed by atoms with van der Waals surface area (Å²) in [5.41, 5.74) is 2.09. The predicted octanol–water partition coefficient (Wildman–Crippen LogP) is 0.862. The van der Waals surface area contributed by atoms with Gasteiger partial charge in [0.2, 0.25) is 0 Å². The van der Waals surface area contributed by atoms with Crippen LogP contribution in [0.3, 0.4) is 0 Å². The van der Waals surface area contributed by atoms with Crippen molar-refractivity contribution < 1.29 is 5.11 Å². The number of aromatic nitrogens is 2. The number of nitrogens with zero attached hydrogens (tertiary/aromatic N) is 2. The molecule has 0 aliphatic carbocycles. The number of hydrogen-bond donors (Lipinski definition) is 2. The van der Waals surface area contributed by atoms with Crippen molar-refractivity contribution in [3.05, 3.63) is 17.5 Å². The Morgan fingerprint density at radius 2 is 2.27 bits per heavy atom. The van der Waals surface area contributed by atoms with Gasteiger partial charge in [0, 0.05) is 12.5 Å². The minimum Gasteiger partial charge on any atom is -0.390 e. The van der Waals surface area contributed by atoms with Crippen LogP contribution in [-0.2, 0) is 13.2 Å². The van der Waals surface area contributed by atoms with Crippen LogP contribution in [0.4, 0.5) is 0 Å². The van der Waals surface area contributed by atoms with Gasteiger partial charge < -0.3 is 10.4 Å². The van der Waals surface area contributed by atoms with E-state index in [0.29, 0.717) is 5.92 Å². The van der Waals surface area contributed by atoms with Crippen LogP contribution in [0.2, 0.25) is 0 Å². The lowest BCUT2D eigenvalue weighted by molar-refractivity contribution is 0.268. The quantitative estimate of drug-likeness (QED) is 0.776. The Hall–Kier alpha value is -0.870. The minimum absolute atomic E-state index is 0.0891. The maximum Gasteiger partial charge on any atom is 0.0849 e. The van der Waals surface area contributed by atoms with Crippen LogP contribution < -0.4 is 5.32 Å². The average Bonchev–Trinajstić information content (AvgIpc) is 2.73. The van der Waals surface area contributed by atoms with E-state index in [-0.39, 0.29) is 6.61 Å². The van der Waals surface area contributed by atoms with Crippen LogP contribution >= 0.6 is 0 Å². The Kier molecular flexibility index (Phi) is 3.38. The highest BCUT2D eigenvalue weighted by atomic mass is 16.3. The van der Waals surface area contributed by atoms with Crippen LogP contribution in [0.5, 0.6) is 0 Å². The fourth-order valence-electron chi connectivity index (χ4n) is 2.20. The van der Waals surface area contributed by atoms with Gasteiger partial charge in [-0.25, -0.2) is 0 Å². The van der Waals surface area contributed by atoms with Crippen LogP contribution in [0.1, 0.15) is 37.1 Å². The van der Waals surface area contributed by atoms with Gasteiger partial charge in [-0.1, -0.05) is 0 Å². The number of rotatable bonds is 3. The van der Waals surface area contributed by atoms with E-state index in [2.05, 4.69) is 23.4 Å². The standard InChI is InChI=1S/C11H19N3O/c1-2-14-10(8-15)7-11(13-14)9-3-5-12-6-4-9/h7,9,12,15H,2-6,8H2,1H3. The molecular formula is C11H19N3O. The van der Waals surface area contributed by atoms with E-state index in [1.165, 1.54) is 0 Å². The fourth-order valence-corrected chi connectivity index (χ4v) is 2.20. The molecule has 4 nitrogen and oxygen atoms in total. The van der Waals surface area contributed by atoms with Gasteiger partial charge in [0.05, 0.1) is 18.0 Å². The lowest BCUT2D eigenvalue weighted by Crippen LogP contribution is -2.26. The minimum atomic E-state index is 0.0891. The summed E-state index contributed by atoms with van der Waals surface area (Å²) in [6, 6.07) is 2.06. The molecule has 15 heavy (non-hydrogen) atoms. The average molecular weight is 209 g/mol. The summed E-state index contributed by atoms with van der Waals surface area (Å²) in [5, 5.41) is 17.1. The largest absolute Gasteiger partial charge is 0.390 e. The van der Waals surface area contributed by atoms with Gasteiger partial charge >= 0.3 is 0 Å². The Balaban J connectivity index is 2.16. The van der Waals surface area contributed by atoms with Crippen LogP contribution in [0, 0.1) is 0 Å². The second-order valence-corrected chi connectivity index (χ2v) is 4.06. The van der Waals surface area contributed by atoms with Crippen molar-refractivity contribution in [3.8, 4) is 0 Å². The van der Waals surface area contributed by atoms with E-state index in [1.54, 1.807) is 0 Å². The molecule has 1 aliphatic rings. The highest BCUT2D eigenvalue weighted by Gasteiger charge is 2.19. The first-order chi connectivity index (χ1) is 7.35. The summed E-state index contributed by atoms with van der Waals surface area (Å²) in [7, 11) is 0. The first-order valence-corrected chi connectivity index (χ1v) is 5.73. The lowest BCUT2D eigenvalue weighted by atomic mass is 9.95. The number of nitrogens with one attached hydrogen (secondary N) is 1. The Bertz CT molecular complexity index is 294. The molecule has 0 bridgehead atoms. The molecule has 1 aromatic heterocycles. The Morgan fingerprint density at radius 1 is 1.53 bits per heavy atom. The second kappa shape index (κ2) is 4.77. The zero-order valence-electron chi connectivity index (χ0n) is 9.24. The number of hydrogen-bond acceptors (Lipinski definition) is 3. The van der Waals surface area contributed by atoms with E-state index in [0.717, 1.165) is 43.9 Å². The maximum absolute atomic E-state index is 9.19. The molecule has 0 saturated carbocycles. The number of aliphatic hydroxyl groups excluding tert-OH is 1. The number of piperidine rings is 1. The van der Waals surface area contributed by atoms with Crippen LogP contribution in [0.15, 0.2) is 6.07 Å². The van der Waals surface area contributed by atoms with Crippen LogP contribution in [0.25, 0.3) is 0 Å². The second-order valence-electron chi connectivity index (χ2n) is 4.06. The predicted molar refractivity (Wildman–Crippen MR) is 58.7 cm³/mol. The summed E-state index contributed by atoms with van der Waals surface area (Å²) in [4.78, 5) is 0. The molecule has 2 heterocycles. The maximum atomic E-state index is 9.19. The van der Waals surface area contributed by atoms with E-state index in [4.69, 9.17) is 0 Å².